The average Bonchev–Trinajstić information content (AvgIpc) is 3.36. The van der Waals surface area contributed by atoms with Crippen molar-refractivity contribution in [3.8, 4) is 0 Å². The van der Waals surface area contributed by atoms with Crippen molar-refractivity contribution in [1.29, 1.82) is 0 Å². The minimum atomic E-state index is -0.763. The number of rotatable bonds is 6. The Morgan fingerprint density at radius 3 is 2.78 bits per heavy atom. The molecule has 4 rings (SSSR count). The number of nitrogens with zero attached hydrogens (tertiary/aromatic N) is 3. The standard InChI is InChI=1S/C21H21FN4O4S2/c1-11-12(2)32-19-18(11)20(28)25(13-5-3-4-6-13)21(24-19)31-10-17(27)23-16-9-14(26(29)30)7-8-15(16)22/h7-9,13H,3-6,10H2,1-2H3,(H,23,27). The lowest BCUT2D eigenvalue weighted by Gasteiger charge is -2.18. The number of fused-ring (bicyclic) bond motifs is 1. The van der Waals surface area contributed by atoms with Gasteiger partial charge in [0.1, 0.15) is 10.6 Å². The molecule has 0 bridgehead atoms. The predicted molar refractivity (Wildman–Crippen MR) is 123 cm³/mol. The molecule has 0 saturated heterocycles. The second-order valence-electron chi connectivity index (χ2n) is 7.73. The summed E-state index contributed by atoms with van der Waals surface area (Å²) in [5.74, 6) is -1.42. The second-order valence-corrected chi connectivity index (χ2v) is 9.88. The molecule has 1 aliphatic carbocycles. The molecule has 2 aromatic heterocycles. The summed E-state index contributed by atoms with van der Waals surface area (Å²) >= 11 is 2.56. The summed E-state index contributed by atoms with van der Waals surface area (Å²) in [5.41, 5.74) is 0.270. The van der Waals surface area contributed by atoms with E-state index >= 15 is 0 Å². The molecular formula is C21H21FN4O4S2. The van der Waals surface area contributed by atoms with Crippen LogP contribution in [-0.2, 0) is 4.79 Å². The lowest BCUT2D eigenvalue weighted by molar-refractivity contribution is -0.384. The minimum Gasteiger partial charge on any atom is -0.323 e. The van der Waals surface area contributed by atoms with Crippen LogP contribution in [-0.4, -0.2) is 26.1 Å². The molecule has 168 valence electrons. The molecule has 3 aromatic rings. The molecular weight excluding hydrogens is 455 g/mol. The maximum atomic E-state index is 14.0. The van der Waals surface area contributed by atoms with Gasteiger partial charge in [-0.3, -0.25) is 24.3 Å². The molecule has 0 spiro atoms. The number of aromatic nitrogens is 2. The van der Waals surface area contributed by atoms with E-state index in [0.717, 1.165) is 66.1 Å². The van der Waals surface area contributed by atoms with Gasteiger partial charge in [-0.1, -0.05) is 24.6 Å². The summed E-state index contributed by atoms with van der Waals surface area (Å²) in [7, 11) is 0. The summed E-state index contributed by atoms with van der Waals surface area (Å²) in [6.07, 6.45) is 3.84. The van der Waals surface area contributed by atoms with E-state index in [-0.39, 0.29) is 28.7 Å². The zero-order valence-electron chi connectivity index (χ0n) is 17.5. The van der Waals surface area contributed by atoms with Crippen LogP contribution >= 0.6 is 23.1 Å². The number of halogens is 1. The largest absolute Gasteiger partial charge is 0.323 e. The van der Waals surface area contributed by atoms with Crippen LogP contribution in [0.5, 0.6) is 0 Å². The highest BCUT2D eigenvalue weighted by atomic mass is 32.2. The Kier molecular flexibility index (Phi) is 6.29. The van der Waals surface area contributed by atoms with Crippen molar-refractivity contribution in [1.82, 2.24) is 9.55 Å². The van der Waals surface area contributed by atoms with E-state index in [1.54, 1.807) is 4.57 Å². The van der Waals surface area contributed by atoms with Crippen LogP contribution in [0, 0.1) is 29.8 Å². The normalized spacial score (nSPS) is 14.2. The van der Waals surface area contributed by atoms with Gasteiger partial charge in [0, 0.05) is 23.1 Å². The number of hydrogen-bond donors (Lipinski definition) is 1. The topological polar surface area (TPSA) is 107 Å². The smallest absolute Gasteiger partial charge is 0.271 e. The van der Waals surface area contributed by atoms with E-state index in [1.807, 2.05) is 13.8 Å². The van der Waals surface area contributed by atoms with Crippen LogP contribution in [0.2, 0.25) is 0 Å². The van der Waals surface area contributed by atoms with Crippen LogP contribution in [0.15, 0.2) is 28.2 Å². The van der Waals surface area contributed by atoms with E-state index in [2.05, 4.69) is 5.32 Å². The zero-order chi connectivity index (χ0) is 23.0. The third kappa shape index (κ3) is 4.26. The van der Waals surface area contributed by atoms with E-state index < -0.39 is 16.6 Å². The molecule has 32 heavy (non-hydrogen) atoms. The maximum absolute atomic E-state index is 14.0. The molecule has 0 aliphatic heterocycles. The summed E-state index contributed by atoms with van der Waals surface area (Å²) in [6, 6.07) is 2.99. The summed E-state index contributed by atoms with van der Waals surface area (Å²) in [5, 5.41) is 14.4. The highest BCUT2D eigenvalue weighted by Crippen LogP contribution is 2.34. The van der Waals surface area contributed by atoms with Crippen molar-refractivity contribution in [3.63, 3.8) is 0 Å². The Morgan fingerprint density at radius 2 is 2.09 bits per heavy atom. The number of non-ortho nitro benzene ring substituents is 1. The van der Waals surface area contributed by atoms with Gasteiger partial charge in [0.25, 0.3) is 11.2 Å². The van der Waals surface area contributed by atoms with E-state index in [1.165, 1.54) is 11.3 Å². The number of nitro groups is 1. The monoisotopic (exact) mass is 476 g/mol. The number of carbonyl (C=O) groups is 1. The molecule has 1 amide bonds. The van der Waals surface area contributed by atoms with Gasteiger partial charge < -0.3 is 5.32 Å². The Bertz CT molecular complexity index is 1280. The average molecular weight is 477 g/mol. The van der Waals surface area contributed by atoms with Crippen LogP contribution in [0.3, 0.4) is 0 Å². The van der Waals surface area contributed by atoms with E-state index in [0.29, 0.717) is 15.4 Å². The first kappa shape index (κ1) is 22.4. The van der Waals surface area contributed by atoms with E-state index in [4.69, 9.17) is 4.98 Å². The zero-order valence-corrected chi connectivity index (χ0v) is 19.1. The first-order valence-electron chi connectivity index (χ1n) is 10.1. The second kappa shape index (κ2) is 8.99. The van der Waals surface area contributed by atoms with Crippen LogP contribution < -0.4 is 10.9 Å². The summed E-state index contributed by atoms with van der Waals surface area (Å²) < 4.78 is 15.7. The van der Waals surface area contributed by atoms with Crippen molar-refractivity contribution < 1.29 is 14.1 Å². The third-order valence-electron chi connectivity index (χ3n) is 5.66. The molecule has 1 aromatic carbocycles. The van der Waals surface area contributed by atoms with E-state index in [9.17, 15) is 24.1 Å². The number of amides is 1. The fourth-order valence-corrected chi connectivity index (χ4v) is 5.85. The van der Waals surface area contributed by atoms with Crippen LogP contribution in [0.4, 0.5) is 15.8 Å². The molecule has 0 unspecified atom stereocenters. The maximum Gasteiger partial charge on any atom is 0.271 e. The number of thiophene rings is 1. The Hall–Kier alpha value is -2.79. The first-order chi connectivity index (χ1) is 15.3. The van der Waals surface area contributed by atoms with Crippen molar-refractivity contribution in [2.75, 3.05) is 11.1 Å². The molecule has 0 radical (unpaired) electrons. The van der Waals surface area contributed by atoms with Crippen molar-refractivity contribution in [2.45, 2.75) is 50.7 Å². The van der Waals surface area contributed by atoms with Crippen molar-refractivity contribution in [3.05, 3.63) is 54.9 Å². The SMILES string of the molecule is Cc1sc2nc(SCC(=O)Nc3cc([N+](=O)[O-])ccc3F)n(C3CCCC3)c(=O)c2c1C. The lowest BCUT2D eigenvalue weighted by Crippen LogP contribution is -2.27. The predicted octanol–water partition coefficient (Wildman–Crippen LogP) is 4.97. The number of benzene rings is 1. The molecule has 1 aliphatic rings. The van der Waals surface area contributed by atoms with Gasteiger partial charge in [-0.25, -0.2) is 9.37 Å². The quantitative estimate of drug-likeness (QED) is 0.233. The number of nitro benzene ring substituents is 1. The number of carbonyl (C=O) groups excluding carboxylic acids is 1. The number of aryl methyl sites for hydroxylation is 2. The van der Waals surface area contributed by atoms with Crippen molar-refractivity contribution in [2.24, 2.45) is 0 Å². The van der Waals surface area contributed by atoms with Gasteiger partial charge in [0.2, 0.25) is 5.91 Å². The minimum absolute atomic E-state index is 0.0405. The fraction of sp³-hybridized carbons (Fsp3) is 0.381. The molecule has 0 atom stereocenters. The summed E-state index contributed by atoms with van der Waals surface area (Å²) in [6.45, 7) is 3.87. The van der Waals surface area contributed by atoms with Crippen LogP contribution in [0.25, 0.3) is 10.2 Å². The van der Waals surface area contributed by atoms with Gasteiger partial charge in [-0.2, -0.15) is 0 Å². The number of anilines is 1. The van der Waals surface area contributed by atoms with Crippen LogP contribution in [0.1, 0.15) is 42.2 Å². The first-order valence-corrected chi connectivity index (χ1v) is 11.9. The number of nitrogens with one attached hydrogen (secondary N) is 1. The highest BCUT2D eigenvalue weighted by molar-refractivity contribution is 7.99. The van der Waals surface area contributed by atoms with Crippen molar-refractivity contribution >= 4 is 50.6 Å². The van der Waals surface area contributed by atoms with Gasteiger partial charge in [0.05, 0.1) is 21.7 Å². The Balaban J connectivity index is 1.61. The molecule has 1 fully saturated rings. The number of thioether (sulfide) groups is 1. The van der Waals surface area contributed by atoms with Gasteiger partial charge in [-0.05, 0) is 38.3 Å². The highest BCUT2D eigenvalue weighted by Gasteiger charge is 2.25. The molecule has 1 saturated carbocycles. The lowest BCUT2D eigenvalue weighted by atomic mass is 10.2. The third-order valence-corrected chi connectivity index (χ3v) is 7.71. The fourth-order valence-electron chi connectivity index (χ4n) is 3.91. The molecule has 11 heteroatoms. The molecule has 2 heterocycles. The van der Waals surface area contributed by atoms with Gasteiger partial charge in [0.15, 0.2) is 5.16 Å². The number of hydrogen-bond acceptors (Lipinski definition) is 7. The molecule has 8 nitrogen and oxygen atoms in total. The Labute approximate surface area is 191 Å². The van der Waals surface area contributed by atoms with Gasteiger partial charge in [-0.15, -0.1) is 11.3 Å². The molecule has 1 N–H and O–H groups in total. The summed E-state index contributed by atoms with van der Waals surface area (Å²) in [4.78, 5) is 42.5. The van der Waals surface area contributed by atoms with Gasteiger partial charge >= 0.3 is 0 Å². The Morgan fingerprint density at radius 1 is 1.38 bits per heavy atom.